The molecule has 0 saturated heterocycles. The van der Waals surface area contributed by atoms with Crippen LogP contribution in [0.5, 0.6) is 5.75 Å². The number of hydrogen-bond donors (Lipinski definition) is 2. The van der Waals surface area contributed by atoms with Crippen LogP contribution >= 0.6 is 11.6 Å². The summed E-state index contributed by atoms with van der Waals surface area (Å²) in [6.07, 6.45) is 3.36. The molecule has 0 spiro atoms. The van der Waals surface area contributed by atoms with Crippen LogP contribution in [0.2, 0.25) is 5.02 Å². The predicted molar refractivity (Wildman–Crippen MR) is 79.6 cm³/mol. The summed E-state index contributed by atoms with van der Waals surface area (Å²) in [5.74, 6) is 6.50. The highest BCUT2D eigenvalue weighted by molar-refractivity contribution is 6.31. The molecule has 2 rings (SSSR count). The van der Waals surface area contributed by atoms with Gasteiger partial charge in [-0.25, -0.2) is 0 Å². The van der Waals surface area contributed by atoms with Gasteiger partial charge in [0.15, 0.2) is 0 Å². The molecular formula is C14H19ClN4O. The van der Waals surface area contributed by atoms with Crippen molar-refractivity contribution in [3.63, 3.8) is 0 Å². The average molecular weight is 295 g/mol. The smallest absolute Gasteiger partial charge is 0.118 e. The number of nitrogens with one attached hydrogen (secondary N) is 1. The predicted octanol–water partition coefficient (Wildman–Crippen LogP) is 2.22. The number of halogens is 1. The SMILES string of the molecule is COc1ccc(CCC(NN)c2c(Cl)cnn2C)cc1. The lowest BCUT2D eigenvalue weighted by atomic mass is 10.0. The molecule has 0 aliphatic rings. The largest absolute Gasteiger partial charge is 0.497 e. The van der Waals surface area contributed by atoms with Gasteiger partial charge in [-0.15, -0.1) is 0 Å². The topological polar surface area (TPSA) is 65.1 Å². The summed E-state index contributed by atoms with van der Waals surface area (Å²) >= 11 is 6.14. The van der Waals surface area contributed by atoms with Crippen molar-refractivity contribution >= 4 is 11.6 Å². The first-order valence-corrected chi connectivity index (χ1v) is 6.80. The van der Waals surface area contributed by atoms with Gasteiger partial charge in [0.25, 0.3) is 0 Å². The average Bonchev–Trinajstić information content (AvgIpc) is 2.81. The van der Waals surface area contributed by atoms with E-state index in [4.69, 9.17) is 22.2 Å². The van der Waals surface area contributed by atoms with Crippen molar-refractivity contribution in [2.45, 2.75) is 18.9 Å². The molecule has 1 atom stereocenters. The zero-order valence-electron chi connectivity index (χ0n) is 11.6. The maximum absolute atomic E-state index is 6.14. The number of ether oxygens (including phenoxy) is 1. The highest BCUT2D eigenvalue weighted by atomic mass is 35.5. The van der Waals surface area contributed by atoms with E-state index in [1.807, 2.05) is 19.2 Å². The number of hydrogen-bond acceptors (Lipinski definition) is 4. The third-order valence-electron chi connectivity index (χ3n) is 3.35. The Kier molecular flexibility index (Phi) is 5.00. The van der Waals surface area contributed by atoms with Crippen LogP contribution in [0.15, 0.2) is 30.5 Å². The second kappa shape index (κ2) is 6.74. The van der Waals surface area contributed by atoms with Crippen molar-refractivity contribution in [1.29, 1.82) is 0 Å². The minimum atomic E-state index is -0.0305. The van der Waals surface area contributed by atoms with E-state index in [-0.39, 0.29) is 6.04 Å². The number of aromatic nitrogens is 2. The molecule has 1 unspecified atom stereocenters. The Labute approximate surface area is 123 Å². The lowest BCUT2D eigenvalue weighted by molar-refractivity contribution is 0.414. The van der Waals surface area contributed by atoms with Crippen LogP contribution < -0.4 is 16.0 Å². The van der Waals surface area contributed by atoms with E-state index in [2.05, 4.69) is 22.7 Å². The molecule has 108 valence electrons. The number of methoxy groups -OCH3 is 1. The first-order chi connectivity index (χ1) is 9.65. The van der Waals surface area contributed by atoms with E-state index in [0.717, 1.165) is 24.3 Å². The molecule has 3 N–H and O–H groups in total. The Morgan fingerprint density at radius 3 is 2.60 bits per heavy atom. The third kappa shape index (κ3) is 3.30. The first-order valence-electron chi connectivity index (χ1n) is 6.42. The number of aryl methyl sites for hydroxylation is 2. The monoisotopic (exact) mass is 294 g/mol. The van der Waals surface area contributed by atoms with Gasteiger partial charge in [-0.2, -0.15) is 5.10 Å². The van der Waals surface area contributed by atoms with Gasteiger partial charge in [-0.1, -0.05) is 23.7 Å². The van der Waals surface area contributed by atoms with Crippen LogP contribution in [0.3, 0.4) is 0 Å². The number of nitrogens with two attached hydrogens (primary N) is 1. The summed E-state index contributed by atoms with van der Waals surface area (Å²) in [7, 11) is 3.52. The molecule has 6 heteroatoms. The zero-order valence-corrected chi connectivity index (χ0v) is 12.4. The fraction of sp³-hybridized carbons (Fsp3) is 0.357. The maximum atomic E-state index is 6.14. The first kappa shape index (κ1) is 14.8. The van der Waals surface area contributed by atoms with Gasteiger partial charge in [-0.3, -0.25) is 16.0 Å². The highest BCUT2D eigenvalue weighted by Gasteiger charge is 2.17. The Morgan fingerprint density at radius 2 is 2.10 bits per heavy atom. The third-order valence-corrected chi connectivity index (χ3v) is 3.64. The number of nitrogens with zero attached hydrogens (tertiary/aromatic N) is 2. The fourth-order valence-electron chi connectivity index (χ4n) is 2.21. The normalized spacial score (nSPS) is 12.4. The van der Waals surface area contributed by atoms with Crippen LogP contribution in [-0.4, -0.2) is 16.9 Å². The van der Waals surface area contributed by atoms with E-state index < -0.39 is 0 Å². The number of hydrazine groups is 1. The van der Waals surface area contributed by atoms with Gasteiger partial charge >= 0.3 is 0 Å². The lowest BCUT2D eigenvalue weighted by Gasteiger charge is -2.17. The van der Waals surface area contributed by atoms with E-state index in [1.165, 1.54) is 5.56 Å². The van der Waals surface area contributed by atoms with E-state index >= 15 is 0 Å². The maximum Gasteiger partial charge on any atom is 0.118 e. The molecular weight excluding hydrogens is 276 g/mol. The van der Waals surface area contributed by atoms with Crippen molar-refractivity contribution in [2.24, 2.45) is 12.9 Å². The lowest BCUT2D eigenvalue weighted by Crippen LogP contribution is -2.30. The van der Waals surface area contributed by atoms with Crippen LogP contribution in [-0.2, 0) is 13.5 Å². The minimum absolute atomic E-state index is 0.0305. The van der Waals surface area contributed by atoms with Crippen LogP contribution in [0, 0.1) is 0 Å². The zero-order chi connectivity index (χ0) is 14.5. The van der Waals surface area contributed by atoms with Crippen molar-refractivity contribution in [2.75, 3.05) is 7.11 Å². The van der Waals surface area contributed by atoms with Crippen LogP contribution in [0.1, 0.15) is 23.7 Å². The summed E-state index contributed by atoms with van der Waals surface area (Å²) in [4.78, 5) is 0. The second-order valence-corrected chi connectivity index (χ2v) is 5.01. The van der Waals surface area contributed by atoms with Crippen LogP contribution in [0.4, 0.5) is 0 Å². The van der Waals surface area contributed by atoms with E-state index in [9.17, 15) is 0 Å². The van der Waals surface area contributed by atoms with E-state index in [0.29, 0.717) is 5.02 Å². The molecule has 0 radical (unpaired) electrons. The fourth-order valence-corrected chi connectivity index (χ4v) is 2.51. The van der Waals surface area contributed by atoms with Crippen molar-refractivity contribution in [1.82, 2.24) is 15.2 Å². The quantitative estimate of drug-likeness (QED) is 0.633. The Morgan fingerprint density at radius 1 is 1.40 bits per heavy atom. The van der Waals surface area contributed by atoms with Gasteiger partial charge in [0.2, 0.25) is 0 Å². The molecule has 5 nitrogen and oxygen atoms in total. The van der Waals surface area contributed by atoms with Gasteiger partial charge in [-0.05, 0) is 30.5 Å². The summed E-state index contributed by atoms with van der Waals surface area (Å²) in [6.45, 7) is 0. The summed E-state index contributed by atoms with van der Waals surface area (Å²) in [5, 5.41) is 4.77. The van der Waals surface area contributed by atoms with Crippen LogP contribution in [0.25, 0.3) is 0 Å². The summed E-state index contributed by atoms with van der Waals surface area (Å²) in [5.41, 5.74) is 4.94. The van der Waals surface area contributed by atoms with Crippen molar-refractivity contribution in [3.8, 4) is 5.75 Å². The molecule has 0 saturated carbocycles. The number of rotatable bonds is 6. The Hall–Kier alpha value is -1.56. The minimum Gasteiger partial charge on any atom is -0.497 e. The Bertz CT molecular complexity index is 533. The molecule has 2 aromatic rings. The standard InChI is InChI=1S/C14H19ClN4O/c1-19-14(12(15)9-17-19)13(18-16)8-5-10-3-6-11(20-2)7-4-10/h3-4,6-7,9,13,18H,5,8,16H2,1-2H3. The van der Waals surface area contributed by atoms with Gasteiger partial charge < -0.3 is 4.74 Å². The van der Waals surface area contributed by atoms with Crippen molar-refractivity contribution in [3.05, 3.63) is 46.7 Å². The molecule has 0 aliphatic carbocycles. The molecule has 0 aliphatic heterocycles. The van der Waals surface area contributed by atoms with Crippen molar-refractivity contribution < 1.29 is 4.74 Å². The summed E-state index contributed by atoms with van der Waals surface area (Å²) < 4.78 is 6.90. The van der Waals surface area contributed by atoms with E-state index in [1.54, 1.807) is 18.0 Å². The molecule has 1 heterocycles. The second-order valence-electron chi connectivity index (χ2n) is 4.61. The summed E-state index contributed by atoms with van der Waals surface area (Å²) in [6, 6.07) is 7.99. The molecule has 0 amide bonds. The molecule has 0 bridgehead atoms. The molecule has 20 heavy (non-hydrogen) atoms. The van der Waals surface area contributed by atoms with Gasteiger partial charge in [0.1, 0.15) is 5.75 Å². The van der Waals surface area contributed by atoms with Gasteiger partial charge in [0, 0.05) is 7.05 Å². The molecule has 0 fully saturated rings. The number of benzene rings is 1. The Balaban J connectivity index is 2.03. The molecule has 1 aromatic carbocycles. The van der Waals surface area contributed by atoms with Gasteiger partial charge in [0.05, 0.1) is 30.1 Å². The highest BCUT2D eigenvalue weighted by Crippen LogP contribution is 2.25. The molecule has 1 aromatic heterocycles.